The molecule has 1 aliphatic rings. The van der Waals surface area contributed by atoms with Crippen LogP contribution in [0.2, 0.25) is 0 Å². The van der Waals surface area contributed by atoms with Crippen LogP contribution in [-0.2, 0) is 6.54 Å². The predicted molar refractivity (Wildman–Crippen MR) is 97.3 cm³/mol. The zero-order valence-electron chi connectivity index (χ0n) is 14.6. The molecule has 6 heteroatoms. The minimum atomic E-state index is -0.828. The lowest BCUT2D eigenvalue weighted by atomic mass is 10.0. The van der Waals surface area contributed by atoms with E-state index in [4.69, 9.17) is 9.84 Å². The molecule has 3 rings (SSSR count). The summed E-state index contributed by atoms with van der Waals surface area (Å²) in [5.74, 6) is -0.905. The molecule has 0 radical (unpaired) electrons. The van der Waals surface area contributed by atoms with E-state index < -0.39 is 11.6 Å². The Morgan fingerprint density at radius 1 is 1.12 bits per heavy atom. The highest BCUT2D eigenvalue weighted by Gasteiger charge is 2.20. The average molecular weight is 362 g/mol. The van der Waals surface area contributed by atoms with Gasteiger partial charge in [-0.05, 0) is 49.2 Å². The monoisotopic (exact) mass is 362 g/mol. The summed E-state index contributed by atoms with van der Waals surface area (Å²) in [6, 6.07) is 12.0. The molecule has 1 aliphatic heterocycles. The van der Waals surface area contributed by atoms with Gasteiger partial charge in [0.2, 0.25) is 0 Å². The van der Waals surface area contributed by atoms with Crippen molar-refractivity contribution in [2.45, 2.75) is 25.4 Å². The first-order chi connectivity index (χ1) is 12.6. The maximum absolute atomic E-state index is 13.4. The number of aliphatic hydroxyl groups is 1. The molecule has 1 heterocycles. The summed E-state index contributed by atoms with van der Waals surface area (Å²) in [4.78, 5) is 2.35. The summed E-state index contributed by atoms with van der Waals surface area (Å²) >= 11 is 0. The van der Waals surface area contributed by atoms with Gasteiger partial charge in [-0.3, -0.25) is 4.90 Å². The van der Waals surface area contributed by atoms with Crippen LogP contribution in [0.25, 0.3) is 0 Å². The summed E-state index contributed by atoms with van der Waals surface area (Å²) in [6.07, 6.45) is 2.06. The largest absolute Gasteiger partial charge is 0.491 e. The highest BCUT2D eigenvalue weighted by molar-refractivity contribution is 5.44. The third kappa shape index (κ3) is 5.16. The van der Waals surface area contributed by atoms with Crippen LogP contribution in [-0.4, -0.2) is 42.4 Å². The number of likely N-dealkylation sites (tertiary alicyclic amines) is 1. The first-order valence-corrected chi connectivity index (χ1v) is 8.90. The van der Waals surface area contributed by atoms with E-state index in [1.807, 2.05) is 24.3 Å². The van der Waals surface area contributed by atoms with Gasteiger partial charge in [0.15, 0.2) is 11.6 Å². The molecule has 2 aromatic carbocycles. The van der Waals surface area contributed by atoms with Crippen LogP contribution in [0.4, 0.5) is 14.5 Å². The molecule has 26 heavy (non-hydrogen) atoms. The second kappa shape index (κ2) is 8.96. The number of nitrogens with zero attached hydrogens (tertiary/aromatic N) is 1. The summed E-state index contributed by atoms with van der Waals surface area (Å²) in [6.45, 7) is 2.99. The average Bonchev–Trinajstić information content (AvgIpc) is 2.65. The summed E-state index contributed by atoms with van der Waals surface area (Å²) in [7, 11) is 0. The SMILES string of the molecule is OCCOc1ccc(CN2CCC[C@@H](Nc3ccc(F)c(F)c3)C2)cc1. The number of nitrogens with one attached hydrogen (secondary N) is 1. The molecule has 1 atom stereocenters. The minimum absolute atomic E-state index is 0.00186. The molecule has 0 aliphatic carbocycles. The van der Waals surface area contributed by atoms with Crippen LogP contribution < -0.4 is 10.1 Å². The molecule has 4 nitrogen and oxygen atoms in total. The summed E-state index contributed by atoms with van der Waals surface area (Å²) in [5.41, 5.74) is 1.80. The molecule has 140 valence electrons. The van der Waals surface area contributed by atoms with E-state index in [2.05, 4.69) is 10.2 Å². The van der Waals surface area contributed by atoms with Crippen molar-refractivity contribution >= 4 is 5.69 Å². The number of hydrogen-bond acceptors (Lipinski definition) is 4. The Morgan fingerprint density at radius 2 is 1.92 bits per heavy atom. The fourth-order valence-corrected chi connectivity index (χ4v) is 3.25. The van der Waals surface area contributed by atoms with Gasteiger partial charge in [0.1, 0.15) is 12.4 Å². The predicted octanol–water partition coefficient (Wildman–Crippen LogP) is 3.41. The van der Waals surface area contributed by atoms with Gasteiger partial charge < -0.3 is 15.2 Å². The number of ether oxygens (including phenoxy) is 1. The molecule has 2 aromatic rings. The highest BCUT2D eigenvalue weighted by atomic mass is 19.2. The second-order valence-corrected chi connectivity index (χ2v) is 6.56. The third-order valence-electron chi connectivity index (χ3n) is 4.49. The molecule has 0 saturated carbocycles. The molecule has 2 N–H and O–H groups in total. The van der Waals surface area contributed by atoms with Gasteiger partial charge >= 0.3 is 0 Å². The van der Waals surface area contributed by atoms with Crippen molar-refractivity contribution in [1.82, 2.24) is 4.90 Å². The van der Waals surface area contributed by atoms with Gasteiger partial charge in [-0.2, -0.15) is 0 Å². The third-order valence-corrected chi connectivity index (χ3v) is 4.49. The number of aliphatic hydroxyl groups excluding tert-OH is 1. The normalized spacial score (nSPS) is 17.9. The molecule has 0 unspecified atom stereocenters. The Labute approximate surface area is 152 Å². The molecule has 0 aromatic heterocycles. The Bertz CT molecular complexity index is 709. The lowest BCUT2D eigenvalue weighted by Gasteiger charge is -2.33. The van der Waals surface area contributed by atoms with Crippen LogP contribution in [0.15, 0.2) is 42.5 Å². The van der Waals surface area contributed by atoms with Gasteiger partial charge in [-0.15, -0.1) is 0 Å². The lowest BCUT2D eigenvalue weighted by molar-refractivity contribution is 0.200. The summed E-state index contributed by atoms with van der Waals surface area (Å²) in [5, 5.41) is 12.1. The minimum Gasteiger partial charge on any atom is -0.491 e. The Kier molecular flexibility index (Phi) is 6.41. The van der Waals surface area contributed by atoms with Gasteiger partial charge in [0.25, 0.3) is 0 Å². The van der Waals surface area contributed by atoms with E-state index in [1.54, 1.807) is 6.07 Å². The van der Waals surface area contributed by atoms with Crippen molar-refractivity contribution in [2.75, 3.05) is 31.6 Å². The van der Waals surface area contributed by atoms with E-state index in [-0.39, 0.29) is 12.6 Å². The molecular weight excluding hydrogens is 338 g/mol. The van der Waals surface area contributed by atoms with E-state index in [0.717, 1.165) is 44.3 Å². The molecular formula is C20H24F2N2O2. The fraction of sp³-hybridized carbons (Fsp3) is 0.400. The molecule has 0 bridgehead atoms. The molecule has 1 fully saturated rings. The van der Waals surface area contributed by atoms with Crippen LogP contribution in [0.1, 0.15) is 18.4 Å². The maximum atomic E-state index is 13.4. The van der Waals surface area contributed by atoms with E-state index in [9.17, 15) is 8.78 Å². The number of hydrogen-bond donors (Lipinski definition) is 2. The smallest absolute Gasteiger partial charge is 0.160 e. The van der Waals surface area contributed by atoms with Crippen molar-refractivity contribution in [3.8, 4) is 5.75 Å². The number of halogens is 2. The van der Waals surface area contributed by atoms with Gasteiger partial charge in [0, 0.05) is 30.9 Å². The van der Waals surface area contributed by atoms with Gasteiger partial charge in [0.05, 0.1) is 6.61 Å². The number of anilines is 1. The Morgan fingerprint density at radius 3 is 2.65 bits per heavy atom. The highest BCUT2D eigenvalue weighted by Crippen LogP contribution is 2.20. The quantitative estimate of drug-likeness (QED) is 0.792. The fourth-order valence-electron chi connectivity index (χ4n) is 3.25. The van der Waals surface area contributed by atoms with Crippen molar-refractivity contribution in [2.24, 2.45) is 0 Å². The van der Waals surface area contributed by atoms with Crippen molar-refractivity contribution in [1.29, 1.82) is 0 Å². The Hall–Kier alpha value is -2.18. The van der Waals surface area contributed by atoms with Crippen LogP contribution >= 0.6 is 0 Å². The zero-order chi connectivity index (χ0) is 18.4. The summed E-state index contributed by atoms with van der Waals surface area (Å²) < 4.78 is 31.8. The Balaban J connectivity index is 1.53. The lowest BCUT2D eigenvalue weighted by Crippen LogP contribution is -2.41. The number of benzene rings is 2. The maximum Gasteiger partial charge on any atom is 0.160 e. The topological polar surface area (TPSA) is 44.7 Å². The van der Waals surface area contributed by atoms with Crippen LogP contribution in [0.3, 0.4) is 0 Å². The standard InChI is InChI=1S/C20H24F2N2O2/c21-19-8-5-16(12-20(19)22)23-17-2-1-9-24(14-17)13-15-3-6-18(7-4-15)26-11-10-25/h3-8,12,17,23,25H,1-2,9-11,13-14H2/t17-/m1/s1. The number of piperidine rings is 1. The van der Waals surface area contributed by atoms with E-state index >= 15 is 0 Å². The van der Waals surface area contributed by atoms with Crippen molar-refractivity contribution in [3.05, 3.63) is 59.7 Å². The van der Waals surface area contributed by atoms with Crippen molar-refractivity contribution < 1.29 is 18.6 Å². The molecule has 0 spiro atoms. The van der Waals surface area contributed by atoms with E-state index in [1.165, 1.54) is 11.6 Å². The van der Waals surface area contributed by atoms with Crippen LogP contribution in [0, 0.1) is 11.6 Å². The van der Waals surface area contributed by atoms with Crippen molar-refractivity contribution in [3.63, 3.8) is 0 Å². The first kappa shape index (κ1) is 18.6. The first-order valence-electron chi connectivity index (χ1n) is 8.90. The van der Waals surface area contributed by atoms with Gasteiger partial charge in [-0.1, -0.05) is 12.1 Å². The second-order valence-electron chi connectivity index (χ2n) is 6.56. The molecule has 0 amide bonds. The van der Waals surface area contributed by atoms with E-state index in [0.29, 0.717) is 12.3 Å². The van der Waals surface area contributed by atoms with Gasteiger partial charge in [-0.25, -0.2) is 8.78 Å². The molecule has 1 saturated heterocycles. The van der Waals surface area contributed by atoms with Crippen LogP contribution in [0.5, 0.6) is 5.75 Å². The number of rotatable bonds is 7. The zero-order valence-corrected chi connectivity index (χ0v) is 14.6.